The fourth-order valence-corrected chi connectivity index (χ4v) is 3.68. The zero-order valence-electron chi connectivity index (χ0n) is 18.4. The molecule has 0 radical (unpaired) electrons. The molecule has 1 aliphatic rings. The Kier molecular flexibility index (Phi) is 6.79. The summed E-state index contributed by atoms with van der Waals surface area (Å²) in [5.41, 5.74) is 3.10. The molecule has 0 atom stereocenters. The number of benzene rings is 2. The average molecular weight is 406 g/mol. The maximum absolute atomic E-state index is 12.9. The molecule has 1 heterocycles. The first-order valence-electron chi connectivity index (χ1n) is 10.6. The van der Waals surface area contributed by atoms with E-state index in [1.165, 1.54) is 5.56 Å². The summed E-state index contributed by atoms with van der Waals surface area (Å²) in [6, 6.07) is 16.1. The second-order valence-electron chi connectivity index (χ2n) is 8.71. The number of ether oxygens (including phenoxy) is 1. The first kappa shape index (κ1) is 21.9. The van der Waals surface area contributed by atoms with Gasteiger partial charge in [-0.05, 0) is 75.4 Å². The third-order valence-electron chi connectivity index (χ3n) is 5.67. The molecule has 0 aliphatic carbocycles. The van der Waals surface area contributed by atoms with E-state index >= 15 is 0 Å². The largest absolute Gasteiger partial charge is 0.478 e. The number of carbonyl (C=O) groups is 1. The second kappa shape index (κ2) is 9.32. The van der Waals surface area contributed by atoms with Crippen LogP contribution in [0.1, 0.15) is 48.9 Å². The van der Waals surface area contributed by atoms with Crippen molar-refractivity contribution in [3.05, 3.63) is 64.7 Å². The highest BCUT2D eigenvalue weighted by Crippen LogP contribution is 2.25. The number of aryl methyl sites for hydroxylation is 2. The molecule has 5 heteroatoms. The summed E-state index contributed by atoms with van der Waals surface area (Å²) < 4.78 is 6.09. The lowest BCUT2D eigenvalue weighted by Crippen LogP contribution is -2.52. The molecule has 1 fully saturated rings. The highest BCUT2D eigenvalue weighted by atomic mass is 16.5. The van der Waals surface area contributed by atoms with E-state index in [4.69, 9.17) is 10.00 Å². The molecule has 158 valence electrons. The van der Waals surface area contributed by atoms with Crippen LogP contribution in [0.25, 0.3) is 0 Å². The lowest BCUT2D eigenvalue weighted by atomic mass is 10.0. The molecule has 0 spiro atoms. The molecule has 3 rings (SSSR count). The first-order chi connectivity index (χ1) is 14.3. The van der Waals surface area contributed by atoms with E-state index in [-0.39, 0.29) is 11.9 Å². The van der Waals surface area contributed by atoms with E-state index in [0.29, 0.717) is 5.56 Å². The van der Waals surface area contributed by atoms with Crippen LogP contribution in [-0.4, -0.2) is 35.5 Å². The Morgan fingerprint density at radius 3 is 2.47 bits per heavy atom. The molecule has 30 heavy (non-hydrogen) atoms. The number of nitrogens with one attached hydrogen (secondary N) is 1. The van der Waals surface area contributed by atoms with E-state index in [2.05, 4.69) is 16.3 Å². The summed E-state index contributed by atoms with van der Waals surface area (Å²) >= 11 is 0. The summed E-state index contributed by atoms with van der Waals surface area (Å²) in [4.78, 5) is 15.3. The van der Waals surface area contributed by atoms with Gasteiger partial charge in [-0.2, -0.15) is 5.26 Å². The van der Waals surface area contributed by atoms with Crippen LogP contribution in [0.15, 0.2) is 42.5 Å². The number of piperidine rings is 1. The lowest BCUT2D eigenvalue weighted by molar-refractivity contribution is -0.135. The maximum atomic E-state index is 12.9. The Labute approximate surface area is 179 Å². The van der Waals surface area contributed by atoms with Gasteiger partial charge in [-0.3, -0.25) is 9.69 Å². The summed E-state index contributed by atoms with van der Waals surface area (Å²) in [6.45, 7) is 10.4. The zero-order valence-corrected chi connectivity index (χ0v) is 18.4. The predicted molar refractivity (Wildman–Crippen MR) is 118 cm³/mol. The van der Waals surface area contributed by atoms with Crippen LogP contribution in [0, 0.1) is 25.2 Å². The van der Waals surface area contributed by atoms with Gasteiger partial charge in [0, 0.05) is 25.7 Å². The normalized spacial score (nSPS) is 15.4. The summed E-state index contributed by atoms with van der Waals surface area (Å²) in [6.07, 6.45) is 1.84. The Morgan fingerprint density at radius 2 is 1.83 bits per heavy atom. The van der Waals surface area contributed by atoms with E-state index in [0.717, 1.165) is 49.4 Å². The van der Waals surface area contributed by atoms with Crippen LogP contribution in [0.2, 0.25) is 0 Å². The van der Waals surface area contributed by atoms with Gasteiger partial charge in [-0.25, -0.2) is 0 Å². The van der Waals surface area contributed by atoms with Gasteiger partial charge in [0.05, 0.1) is 11.6 Å². The summed E-state index contributed by atoms with van der Waals surface area (Å²) in [5, 5.41) is 12.1. The van der Waals surface area contributed by atoms with Crippen molar-refractivity contribution >= 4 is 5.91 Å². The molecule has 0 aromatic heterocycles. The van der Waals surface area contributed by atoms with Gasteiger partial charge < -0.3 is 10.1 Å². The van der Waals surface area contributed by atoms with Crippen LogP contribution in [0.3, 0.4) is 0 Å². The molecule has 0 unspecified atom stereocenters. The predicted octanol–water partition coefficient (Wildman–Crippen LogP) is 4.11. The number of hydrogen-bond donors (Lipinski definition) is 1. The van der Waals surface area contributed by atoms with Gasteiger partial charge in [-0.1, -0.05) is 24.3 Å². The van der Waals surface area contributed by atoms with Crippen LogP contribution in [0.4, 0.5) is 0 Å². The summed E-state index contributed by atoms with van der Waals surface area (Å²) in [7, 11) is 0. The van der Waals surface area contributed by atoms with Crippen LogP contribution in [-0.2, 0) is 11.3 Å². The molecule has 5 nitrogen and oxygen atoms in total. The van der Waals surface area contributed by atoms with Crippen molar-refractivity contribution in [3.8, 4) is 11.8 Å². The van der Waals surface area contributed by atoms with Crippen molar-refractivity contribution in [2.75, 3.05) is 13.1 Å². The standard InChI is InChI=1S/C25H31N3O2/c1-18-5-6-19(2)23(15-18)30-25(3,4)24(29)27-22-11-13-28(14-12-22)17-21-9-7-20(16-26)8-10-21/h5-10,15,22H,11-14,17H2,1-4H3,(H,27,29). The van der Waals surface area contributed by atoms with Crippen LogP contribution >= 0.6 is 0 Å². The third kappa shape index (κ3) is 5.61. The average Bonchev–Trinajstić information content (AvgIpc) is 2.72. The van der Waals surface area contributed by atoms with Gasteiger partial charge in [0.15, 0.2) is 5.60 Å². The quantitative estimate of drug-likeness (QED) is 0.785. The number of nitriles is 1. The number of carbonyl (C=O) groups excluding carboxylic acids is 1. The van der Waals surface area contributed by atoms with Gasteiger partial charge in [0.25, 0.3) is 5.91 Å². The monoisotopic (exact) mass is 405 g/mol. The zero-order chi connectivity index (χ0) is 21.7. The van der Waals surface area contributed by atoms with Crippen molar-refractivity contribution in [2.24, 2.45) is 0 Å². The number of rotatable bonds is 6. The van der Waals surface area contributed by atoms with Crippen molar-refractivity contribution in [1.82, 2.24) is 10.2 Å². The molecule has 1 N–H and O–H groups in total. The molecule has 0 saturated carbocycles. The minimum absolute atomic E-state index is 0.0750. The fraction of sp³-hybridized carbons (Fsp3) is 0.440. The maximum Gasteiger partial charge on any atom is 0.263 e. The molecule has 0 bridgehead atoms. The highest BCUT2D eigenvalue weighted by molar-refractivity contribution is 5.85. The lowest BCUT2D eigenvalue weighted by Gasteiger charge is -2.34. The Morgan fingerprint density at radius 1 is 1.17 bits per heavy atom. The Bertz CT molecular complexity index is 920. The smallest absolute Gasteiger partial charge is 0.263 e. The molecule has 1 saturated heterocycles. The van der Waals surface area contributed by atoms with Crippen molar-refractivity contribution in [2.45, 2.75) is 58.7 Å². The van der Waals surface area contributed by atoms with Gasteiger partial charge in [0.2, 0.25) is 0 Å². The minimum Gasteiger partial charge on any atom is -0.478 e. The van der Waals surface area contributed by atoms with Gasteiger partial charge in [-0.15, -0.1) is 0 Å². The molecule has 1 aliphatic heterocycles. The Hall–Kier alpha value is -2.84. The SMILES string of the molecule is Cc1ccc(C)c(OC(C)(C)C(=O)NC2CCN(Cc3ccc(C#N)cc3)CC2)c1. The first-order valence-corrected chi connectivity index (χ1v) is 10.6. The minimum atomic E-state index is -0.932. The van der Waals surface area contributed by atoms with Crippen molar-refractivity contribution < 1.29 is 9.53 Å². The van der Waals surface area contributed by atoms with E-state index in [1.807, 2.05) is 70.2 Å². The van der Waals surface area contributed by atoms with E-state index in [1.54, 1.807) is 0 Å². The van der Waals surface area contributed by atoms with Crippen molar-refractivity contribution in [3.63, 3.8) is 0 Å². The van der Waals surface area contributed by atoms with Crippen LogP contribution < -0.4 is 10.1 Å². The Balaban J connectivity index is 1.50. The molecular formula is C25H31N3O2. The summed E-state index contributed by atoms with van der Waals surface area (Å²) in [5.74, 6) is 0.682. The number of likely N-dealkylation sites (tertiary alicyclic amines) is 1. The van der Waals surface area contributed by atoms with E-state index < -0.39 is 5.60 Å². The molecule has 2 aromatic carbocycles. The highest BCUT2D eigenvalue weighted by Gasteiger charge is 2.33. The van der Waals surface area contributed by atoms with Gasteiger partial charge in [0.1, 0.15) is 5.75 Å². The van der Waals surface area contributed by atoms with E-state index in [9.17, 15) is 4.79 Å². The molecule has 2 aromatic rings. The second-order valence-corrected chi connectivity index (χ2v) is 8.71. The fourth-order valence-electron chi connectivity index (χ4n) is 3.68. The van der Waals surface area contributed by atoms with Crippen LogP contribution in [0.5, 0.6) is 5.75 Å². The number of hydrogen-bond acceptors (Lipinski definition) is 4. The van der Waals surface area contributed by atoms with Crippen molar-refractivity contribution in [1.29, 1.82) is 5.26 Å². The third-order valence-corrected chi connectivity index (χ3v) is 5.67. The molecule has 1 amide bonds. The number of nitrogens with zero attached hydrogens (tertiary/aromatic N) is 2. The topological polar surface area (TPSA) is 65.4 Å². The molecular weight excluding hydrogens is 374 g/mol. The van der Waals surface area contributed by atoms with Gasteiger partial charge >= 0.3 is 0 Å². The number of amides is 1.